The Morgan fingerprint density at radius 2 is 1.83 bits per heavy atom. The number of nitrogens with zero attached hydrogens (tertiary/aromatic N) is 2. The molecule has 0 saturated heterocycles. The van der Waals surface area contributed by atoms with Crippen molar-refractivity contribution < 1.29 is 0 Å². The highest BCUT2D eigenvalue weighted by atomic mass is 35.5. The van der Waals surface area contributed by atoms with Gasteiger partial charge >= 0.3 is 0 Å². The molecule has 1 N–H and O–H groups in total. The van der Waals surface area contributed by atoms with E-state index in [1.807, 2.05) is 67.5 Å². The number of hydrazone groups is 1. The van der Waals surface area contributed by atoms with Gasteiger partial charge in [-0.15, -0.1) is 6.58 Å². The Morgan fingerprint density at radius 1 is 1.17 bits per heavy atom. The van der Waals surface area contributed by atoms with E-state index in [1.165, 1.54) is 0 Å². The summed E-state index contributed by atoms with van der Waals surface area (Å²) in [7, 11) is 1.88. The summed E-state index contributed by atoms with van der Waals surface area (Å²) in [4.78, 5) is 0. The Hall–Kier alpha value is -1.97. The van der Waals surface area contributed by atoms with Gasteiger partial charge < -0.3 is 5.32 Å². The second kappa shape index (κ2) is 8.04. The van der Waals surface area contributed by atoms with Crippen molar-refractivity contribution in [3.63, 3.8) is 0 Å². The Kier molecular flexibility index (Phi) is 6.08. The number of anilines is 2. The van der Waals surface area contributed by atoms with Crippen LogP contribution in [0, 0.1) is 0 Å². The summed E-state index contributed by atoms with van der Waals surface area (Å²) < 4.78 is 0. The third-order valence-electron chi connectivity index (χ3n) is 3.34. The molecule has 23 heavy (non-hydrogen) atoms. The maximum atomic E-state index is 6.12. The van der Waals surface area contributed by atoms with E-state index < -0.39 is 0 Å². The number of benzene rings is 2. The van der Waals surface area contributed by atoms with Gasteiger partial charge in [0.05, 0.1) is 17.9 Å². The fourth-order valence-electron chi connectivity index (χ4n) is 2.21. The summed E-state index contributed by atoms with van der Waals surface area (Å²) in [6, 6.07) is 13.2. The quantitative estimate of drug-likeness (QED) is 0.427. The molecule has 3 nitrogen and oxygen atoms in total. The lowest BCUT2D eigenvalue weighted by Gasteiger charge is -2.19. The van der Waals surface area contributed by atoms with E-state index in [0.29, 0.717) is 16.6 Å². The zero-order valence-electron chi connectivity index (χ0n) is 13.2. The molecule has 2 aromatic carbocycles. The molecule has 0 aromatic heterocycles. The summed E-state index contributed by atoms with van der Waals surface area (Å²) in [5, 5.41) is 11.1. The van der Waals surface area contributed by atoms with Crippen LogP contribution in [0.1, 0.15) is 12.5 Å². The van der Waals surface area contributed by atoms with Crippen LogP contribution in [0.2, 0.25) is 10.0 Å². The van der Waals surface area contributed by atoms with E-state index in [2.05, 4.69) is 11.9 Å². The Labute approximate surface area is 147 Å². The predicted molar refractivity (Wildman–Crippen MR) is 102 cm³/mol. The average molecular weight is 348 g/mol. The van der Waals surface area contributed by atoms with Crippen LogP contribution in [0.15, 0.2) is 60.2 Å². The van der Waals surface area contributed by atoms with Crippen molar-refractivity contribution in [2.75, 3.05) is 23.9 Å². The van der Waals surface area contributed by atoms with Crippen LogP contribution < -0.4 is 10.3 Å². The number of halogens is 2. The second-order valence-electron chi connectivity index (χ2n) is 4.97. The molecule has 0 amide bonds. The van der Waals surface area contributed by atoms with Crippen LogP contribution in [-0.2, 0) is 0 Å². The highest BCUT2D eigenvalue weighted by Crippen LogP contribution is 2.23. The standard InChI is InChI=1S/C18H19Cl2N3/c1-4-11-23(16-8-5-14(19)6-9-16)22-13(2)17-12-15(20)7-10-18(17)21-3/h4-10,12,21H,1,11H2,2-3H3/b22-13+. The van der Waals surface area contributed by atoms with E-state index in [9.17, 15) is 0 Å². The zero-order chi connectivity index (χ0) is 16.8. The molecule has 0 saturated carbocycles. The number of hydrogen-bond donors (Lipinski definition) is 1. The topological polar surface area (TPSA) is 27.6 Å². The summed E-state index contributed by atoms with van der Waals surface area (Å²) >= 11 is 12.1. The molecule has 5 heteroatoms. The van der Waals surface area contributed by atoms with E-state index in [4.69, 9.17) is 28.3 Å². The molecule has 120 valence electrons. The normalized spacial score (nSPS) is 11.2. The molecule has 0 bridgehead atoms. The third kappa shape index (κ3) is 4.50. The van der Waals surface area contributed by atoms with Crippen LogP contribution >= 0.6 is 23.2 Å². The van der Waals surface area contributed by atoms with Gasteiger partial charge in [0.1, 0.15) is 0 Å². The van der Waals surface area contributed by atoms with Crippen molar-refractivity contribution >= 4 is 40.3 Å². The number of nitrogens with one attached hydrogen (secondary N) is 1. The van der Waals surface area contributed by atoms with Gasteiger partial charge in [-0.1, -0.05) is 29.3 Å². The molecular formula is C18H19Cl2N3. The minimum atomic E-state index is 0.592. The molecule has 2 rings (SSSR count). The molecule has 0 unspecified atom stereocenters. The zero-order valence-corrected chi connectivity index (χ0v) is 14.7. The van der Waals surface area contributed by atoms with Gasteiger partial charge in [0.2, 0.25) is 0 Å². The predicted octanol–water partition coefficient (Wildman–Crippen LogP) is 5.45. The summed E-state index contributed by atoms with van der Waals surface area (Å²) in [6.45, 7) is 6.35. The van der Waals surface area contributed by atoms with Crippen molar-refractivity contribution in [2.24, 2.45) is 5.10 Å². The molecule has 2 aromatic rings. The molecule has 0 spiro atoms. The van der Waals surface area contributed by atoms with Gasteiger partial charge in [-0.3, -0.25) is 5.01 Å². The van der Waals surface area contributed by atoms with Crippen molar-refractivity contribution in [3.05, 3.63) is 70.7 Å². The molecule has 0 radical (unpaired) electrons. The molecule has 0 aliphatic rings. The second-order valence-corrected chi connectivity index (χ2v) is 5.85. The lowest BCUT2D eigenvalue weighted by atomic mass is 10.1. The Balaban J connectivity index is 2.40. The maximum absolute atomic E-state index is 6.12. The minimum Gasteiger partial charge on any atom is -0.388 e. The Bertz CT molecular complexity index is 709. The van der Waals surface area contributed by atoms with Gasteiger partial charge in [0.15, 0.2) is 0 Å². The van der Waals surface area contributed by atoms with Crippen LogP contribution in [0.5, 0.6) is 0 Å². The van der Waals surface area contributed by atoms with Crippen molar-refractivity contribution in [1.29, 1.82) is 0 Å². The highest BCUT2D eigenvalue weighted by molar-refractivity contribution is 6.31. The third-order valence-corrected chi connectivity index (χ3v) is 3.83. The molecule has 0 fully saturated rings. The average Bonchev–Trinajstić information content (AvgIpc) is 2.55. The van der Waals surface area contributed by atoms with Gasteiger partial charge in [-0.05, 0) is 49.4 Å². The minimum absolute atomic E-state index is 0.592. The highest BCUT2D eigenvalue weighted by Gasteiger charge is 2.09. The van der Waals surface area contributed by atoms with Gasteiger partial charge in [0.25, 0.3) is 0 Å². The van der Waals surface area contributed by atoms with E-state index in [0.717, 1.165) is 22.6 Å². The van der Waals surface area contributed by atoms with Crippen LogP contribution in [0.4, 0.5) is 11.4 Å². The first-order chi connectivity index (χ1) is 11.0. The first-order valence-corrected chi connectivity index (χ1v) is 7.97. The van der Waals surface area contributed by atoms with Crippen LogP contribution in [-0.4, -0.2) is 19.3 Å². The largest absolute Gasteiger partial charge is 0.388 e. The lowest BCUT2D eigenvalue weighted by Crippen LogP contribution is -2.18. The molecular weight excluding hydrogens is 329 g/mol. The molecule has 0 aliphatic carbocycles. The number of hydrogen-bond acceptors (Lipinski definition) is 3. The van der Waals surface area contributed by atoms with Crippen molar-refractivity contribution in [2.45, 2.75) is 6.92 Å². The molecule has 0 heterocycles. The maximum Gasteiger partial charge on any atom is 0.0672 e. The molecule has 0 aliphatic heterocycles. The fraction of sp³-hybridized carbons (Fsp3) is 0.167. The summed E-state index contributed by atoms with van der Waals surface area (Å²) in [6.07, 6.45) is 1.81. The van der Waals surface area contributed by atoms with E-state index in [-0.39, 0.29) is 0 Å². The van der Waals surface area contributed by atoms with Crippen molar-refractivity contribution in [1.82, 2.24) is 0 Å². The summed E-state index contributed by atoms with van der Waals surface area (Å²) in [5.41, 5.74) is 3.74. The van der Waals surface area contributed by atoms with Crippen molar-refractivity contribution in [3.8, 4) is 0 Å². The summed E-state index contributed by atoms with van der Waals surface area (Å²) in [5.74, 6) is 0. The lowest BCUT2D eigenvalue weighted by molar-refractivity contribution is 0.940. The van der Waals surface area contributed by atoms with Gasteiger partial charge in [0, 0.05) is 28.3 Å². The van der Waals surface area contributed by atoms with E-state index >= 15 is 0 Å². The van der Waals surface area contributed by atoms with Gasteiger partial charge in [-0.2, -0.15) is 5.10 Å². The van der Waals surface area contributed by atoms with E-state index in [1.54, 1.807) is 0 Å². The van der Waals surface area contributed by atoms with Crippen LogP contribution in [0.3, 0.4) is 0 Å². The van der Waals surface area contributed by atoms with Crippen LogP contribution in [0.25, 0.3) is 0 Å². The number of rotatable bonds is 6. The smallest absolute Gasteiger partial charge is 0.0672 e. The molecule has 0 atom stereocenters. The van der Waals surface area contributed by atoms with Gasteiger partial charge in [-0.25, -0.2) is 0 Å². The Morgan fingerprint density at radius 3 is 2.43 bits per heavy atom. The first kappa shape index (κ1) is 17.4. The first-order valence-electron chi connectivity index (χ1n) is 7.22. The fourth-order valence-corrected chi connectivity index (χ4v) is 2.51. The SMILES string of the molecule is C=CCN(/N=C(\C)c1cc(Cl)ccc1NC)c1ccc(Cl)cc1. The monoisotopic (exact) mass is 347 g/mol.